The predicted molar refractivity (Wildman–Crippen MR) is 153 cm³/mol. The highest BCUT2D eigenvalue weighted by Crippen LogP contribution is 2.52. The number of piperidine rings is 1. The summed E-state index contributed by atoms with van der Waals surface area (Å²) in [6.07, 6.45) is 0.838. The van der Waals surface area contributed by atoms with Gasteiger partial charge in [0.1, 0.15) is 0 Å². The first-order valence-electron chi connectivity index (χ1n) is 13.6. The SMILES string of the molecule is CCC(CN1CCN(C(C)=O)CC1)N1C(=O)[C@@](C)(CC(=O)O)C[C@H](c2cccc(Cl)c2)[C@H]1c1ccc(Cl)cc1. The molecule has 2 aromatic rings. The van der Waals surface area contributed by atoms with Crippen molar-refractivity contribution in [2.24, 2.45) is 5.41 Å². The number of nitrogens with zero attached hydrogens (tertiary/aromatic N) is 3. The van der Waals surface area contributed by atoms with Crippen LogP contribution in [0, 0.1) is 5.41 Å². The summed E-state index contributed by atoms with van der Waals surface area (Å²) in [6, 6.07) is 14.8. The fraction of sp³-hybridized carbons (Fsp3) is 0.500. The van der Waals surface area contributed by atoms with E-state index in [-0.39, 0.29) is 36.2 Å². The molecule has 0 radical (unpaired) electrons. The smallest absolute Gasteiger partial charge is 0.304 e. The predicted octanol–water partition coefficient (Wildman–Crippen LogP) is 5.47. The second-order valence-corrected chi connectivity index (χ2v) is 11.9. The molecule has 2 aromatic carbocycles. The van der Waals surface area contributed by atoms with Crippen molar-refractivity contribution < 1.29 is 19.5 Å². The molecule has 7 nitrogen and oxygen atoms in total. The van der Waals surface area contributed by atoms with Gasteiger partial charge in [-0.1, -0.05) is 61.3 Å². The zero-order valence-electron chi connectivity index (χ0n) is 22.8. The molecular weight excluding hydrogens is 537 g/mol. The minimum absolute atomic E-state index is 0.0736. The number of rotatable bonds is 8. The van der Waals surface area contributed by atoms with Gasteiger partial charge in [0.2, 0.25) is 11.8 Å². The maximum atomic E-state index is 14.4. The number of benzene rings is 2. The molecule has 2 aliphatic rings. The zero-order chi connectivity index (χ0) is 28.3. The van der Waals surface area contributed by atoms with Crippen LogP contribution in [0.4, 0.5) is 0 Å². The van der Waals surface area contributed by atoms with Crippen molar-refractivity contribution in [1.82, 2.24) is 14.7 Å². The van der Waals surface area contributed by atoms with Gasteiger partial charge in [0, 0.05) is 61.7 Å². The number of carboxylic acid groups (broad SMARTS) is 1. The molecule has 210 valence electrons. The van der Waals surface area contributed by atoms with Gasteiger partial charge >= 0.3 is 5.97 Å². The number of carboxylic acids is 1. The van der Waals surface area contributed by atoms with Crippen LogP contribution in [0.5, 0.6) is 0 Å². The van der Waals surface area contributed by atoms with E-state index in [1.165, 1.54) is 0 Å². The van der Waals surface area contributed by atoms with Crippen molar-refractivity contribution in [3.05, 3.63) is 69.7 Å². The molecule has 4 atom stereocenters. The van der Waals surface area contributed by atoms with Gasteiger partial charge in [-0.05, 0) is 48.2 Å². The van der Waals surface area contributed by atoms with E-state index in [1.807, 2.05) is 58.3 Å². The number of amides is 2. The van der Waals surface area contributed by atoms with Crippen LogP contribution in [0.15, 0.2) is 48.5 Å². The minimum atomic E-state index is -1.08. The Bertz CT molecular complexity index is 1200. The van der Waals surface area contributed by atoms with Crippen molar-refractivity contribution in [2.45, 2.75) is 58.0 Å². The highest BCUT2D eigenvalue weighted by molar-refractivity contribution is 6.30. The second kappa shape index (κ2) is 12.3. The second-order valence-electron chi connectivity index (χ2n) is 11.1. The van der Waals surface area contributed by atoms with Crippen LogP contribution in [0.1, 0.15) is 63.1 Å². The van der Waals surface area contributed by atoms with Crippen molar-refractivity contribution in [3.63, 3.8) is 0 Å². The lowest BCUT2D eigenvalue weighted by molar-refractivity contribution is -0.161. The Morgan fingerprint density at radius 2 is 1.69 bits per heavy atom. The van der Waals surface area contributed by atoms with Crippen molar-refractivity contribution in [1.29, 1.82) is 0 Å². The van der Waals surface area contributed by atoms with Gasteiger partial charge in [0.05, 0.1) is 17.9 Å². The number of hydrogen-bond donors (Lipinski definition) is 1. The summed E-state index contributed by atoms with van der Waals surface area (Å²) in [4.78, 5) is 44.4. The molecule has 0 aliphatic carbocycles. The Kier molecular flexibility index (Phi) is 9.25. The molecule has 0 saturated carbocycles. The number of hydrogen-bond acceptors (Lipinski definition) is 4. The molecule has 2 saturated heterocycles. The summed E-state index contributed by atoms with van der Waals surface area (Å²) in [5, 5.41) is 11.0. The van der Waals surface area contributed by atoms with Crippen LogP contribution < -0.4 is 0 Å². The molecule has 2 aliphatic heterocycles. The lowest BCUT2D eigenvalue weighted by Gasteiger charge is -2.52. The summed E-state index contributed by atoms with van der Waals surface area (Å²) in [6.45, 7) is 8.85. The molecule has 4 rings (SSSR count). The van der Waals surface area contributed by atoms with Crippen LogP contribution in [-0.4, -0.2) is 76.4 Å². The minimum Gasteiger partial charge on any atom is -0.481 e. The lowest BCUT2D eigenvalue weighted by Crippen LogP contribution is -2.59. The van der Waals surface area contributed by atoms with E-state index in [0.717, 1.165) is 24.2 Å². The number of halogens is 2. The number of carbonyl (C=O) groups excluding carboxylic acids is 2. The van der Waals surface area contributed by atoms with Crippen LogP contribution in [0.3, 0.4) is 0 Å². The number of carbonyl (C=O) groups is 3. The van der Waals surface area contributed by atoms with Crippen molar-refractivity contribution in [2.75, 3.05) is 32.7 Å². The average molecular weight is 575 g/mol. The number of likely N-dealkylation sites (tertiary alicyclic amines) is 1. The summed E-state index contributed by atoms with van der Waals surface area (Å²) in [7, 11) is 0. The van der Waals surface area contributed by atoms with E-state index < -0.39 is 11.4 Å². The molecule has 1 unspecified atom stereocenters. The Morgan fingerprint density at radius 3 is 2.26 bits per heavy atom. The number of aliphatic carboxylic acids is 1. The topological polar surface area (TPSA) is 81.2 Å². The van der Waals surface area contributed by atoms with Crippen molar-refractivity contribution in [3.8, 4) is 0 Å². The monoisotopic (exact) mass is 573 g/mol. The number of piperazine rings is 1. The van der Waals surface area contributed by atoms with Gasteiger partial charge in [-0.2, -0.15) is 0 Å². The largest absolute Gasteiger partial charge is 0.481 e. The molecule has 2 fully saturated rings. The summed E-state index contributed by atoms with van der Waals surface area (Å²) in [5.74, 6) is -1.23. The van der Waals surface area contributed by atoms with E-state index >= 15 is 0 Å². The average Bonchev–Trinajstić information content (AvgIpc) is 2.89. The maximum absolute atomic E-state index is 14.4. The zero-order valence-corrected chi connectivity index (χ0v) is 24.3. The fourth-order valence-corrected chi connectivity index (χ4v) is 6.56. The molecule has 2 heterocycles. The quantitative estimate of drug-likeness (QED) is 0.452. The fourth-order valence-electron chi connectivity index (χ4n) is 6.24. The standard InChI is InChI=1S/C30H37Cl2N3O4/c1-4-25(19-33-12-14-34(15-13-33)20(2)36)35-28(21-8-10-23(31)11-9-21)26(22-6-5-7-24(32)16-22)17-30(3,29(35)39)18-27(37)38/h5-11,16,25-26,28H,4,12-15,17-19H2,1-3H3,(H,37,38)/t25?,26-,28-,30-/m1/s1. The molecular formula is C30H37Cl2N3O4. The molecule has 1 N–H and O–H groups in total. The van der Waals surface area contributed by atoms with Crippen LogP contribution in [-0.2, 0) is 14.4 Å². The van der Waals surface area contributed by atoms with Gasteiger partial charge in [-0.25, -0.2) is 0 Å². The summed E-state index contributed by atoms with van der Waals surface area (Å²) >= 11 is 12.7. The lowest BCUT2D eigenvalue weighted by atomic mass is 9.67. The highest BCUT2D eigenvalue weighted by atomic mass is 35.5. The van der Waals surface area contributed by atoms with E-state index in [1.54, 1.807) is 13.8 Å². The van der Waals surface area contributed by atoms with Crippen LogP contribution in [0.25, 0.3) is 0 Å². The molecule has 0 aromatic heterocycles. The van der Waals surface area contributed by atoms with E-state index in [2.05, 4.69) is 11.8 Å². The van der Waals surface area contributed by atoms with Gasteiger partial charge in [0.25, 0.3) is 0 Å². The summed E-state index contributed by atoms with van der Waals surface area (Å²) < 4.78 is 0. The van der Waals surface area contributed by atoms with Gasteiger partial charge < -0.3 is 14.9 Å². The van der Waals surface area contributed by atoms with Gasteiger partial charge in [-0.15, -0.1) is 0 Å². The Hall–Kier alpha value is -2.61. The van der Waals surface area contributed by atoms with Crippen LogP contribution >= 0.6 is 23.2 Å². The Labute approximate surface area is 240 Å². The third-order valence-electron chi connectivity index (χ3n) is 8.28. The van der Waals surface area contributed by atoms with Gasteiger partial charge in [0.15, 0.2) is 0 Å². The van der Waals surface area contributed by atoms with Crippen LogP contribution in [0.2, 0.25) is 10.0 Å². The van der Waals surface area contributed by atoms with Gasteiger partial charge in [-0.3, -0.25) is 19.3 Å². The molecule has 9 heteroatoms. The first-order chi connectivity index (χ1) is 18.5. The van der Waals surface area contributed by atoms with E-state index in [0.29, 0.717) is 42.5 Å². The van der Waals surface area contributed by atoms with Crippen molar-refractivity contribution >= 4 is 41.0 Å². The molecule has 39 heavy (non-hydrogen) atoms. The summed E-state index contributed by atoms with van der Waals surface area (Å²) in [5.41, 5.74) is 0.846. The molecule has 0 bridgehead atoms. The third-order valence-corrected chi connectivity index (χ3v) is 8.77. The first-order valence-corrected chi connectivity index (χ1v) is 14.3. The maximum Gasteiger partial charge on any atom is 0.304 e. The molecule has 0 spiro atoms. The molecule has 2 amide bonds. The Morgan fingerprint density at radius 1 is 1.03 bits per heavy atom. The van der Waals surface area contributed by atoms with E-state index in [9.17, 15) is 19.5 Å². The normalized spacial score (nSPS) is 25.0. The Balaban J connectivity index is 1.78. The van der Waals surface area contributed by atoms with E-state index in [4.69, 9.17) is 23.2 Å². The first kappa shape index (κ1) is 29.4. The highest BCUT2D eigenvalue weighted by Gasteiger charge is 2.52. The third kappa shape index (κ3) is 6.59.